The monoisotopic (exact) mass is 215 g/mol. The molecule has 1 N–H and O–H groups in total. The molecular formula is C12H25NS. The van der Waals surface area contributed by atoms with Crippen LogP contribution in [-0.4, -0.2) is 23.6 Å². The van der Waals surface area contributed by atoms with E-state index in [0.29, 0.717) is 0 Å². The predicted octanol–water partition coefficient (Wildman–Crippen LogP) is 3.30. The summed E-state index contributed by atoms with van der Waals surface area (Å²) < 4.78 is 0. The Balaban J connectivity index is 2.08. The molecule has 2 heteroatoms. The summed E-state index contributed by atoms with van der Waals surface area (Å²) in [4.78, 5) is 0. The molecule has 0 radical (unpaired) electrons. The van der Waals surface area contributed by atoms with Gasteiger partial charge in [0.05, 0.1) is 0 Å². The minimum absolute atomic E-state index is 0.757. The first-order valence-electron chi connectivity index (χ1n) is 6.07. The maximum absolute atomic E-state index is 3.60. The maximum Gasteiger partial charge on any atom is 0.0158 e. The second-order valence-corrected chi connectivity index (χ2v) is 6.27. The first-order valence-corrected chi connectivity index (χ1v) is 7.12. The molecule has 0 heterocycles. The summed E-state index contributed by atoms with van der Waals surface area (Å²) in [5.74, 6) is 2.37. The van der Waals surface area contributed by atoms with Gasteiger partial charge >= 0.3 is 0 Å². The predicted molar refractivity (Wildman–Crippen MR) is 67.0 cm³/mol. The number of hydrogen-bond donors (Lipinski definition) is 1. The highest BCUT2D eigenvalue weighted by Crippen LogP contribution is 2.34. The van der Waals surface area contributed by atoms with Gasteiger partial charge in [0.1, 0.15) is 0 Å². The van der Waals surface area contributed by atoms with Crippen molar-refractivity contribution >= 4 is 11.8 Å². The zero-order valence-corrected chi connectivity index (χ0v) is 10.7. The van der Waals surface area contributed by atoms with Gasteiger partial charge in [0, 0.05) is 11.8 Å². The lowest BCUT2D eigenvalue weighted by molar-refractivity contribution is 0.501. The standard InChI is InChI=1S/C12H25NS/c1-4-13-12(9-14-10(2)3)8-7-11-5-6-11/h10-13H,4-9H2,1-3H3. The first-order chi connectivity index (χ1) is 6.72. The van der Waals surface area contributed by atoms with E-state index in [1.807, 2.05) is 0 Å². The molecule has 0 aromatic rings. The molecule has 1 rings (SSSR count). The Hall–Kier alpha value is 0.310. The highest BCUT2D eigenvalue weighted by molar-refractivity contribution is 7.99. The van der Waals surface area contributed by atoms with Crippen LogP contribution in [0, 0.1) is 5.92 Å². The van der Waals surface area contributed by atoms with Gasteiger partial charge in [-0.25, -0.2) is 0 Å². The molecule has 0 aromatic carbocycles. The van der Waals surface area contributed by atoms with Gasteiger partial charge in [-0.1, -0.05) is 33.6 Å². The molecule has 1 atom stereocenters. The van der Waals surface area contributed by atoms with Crippen molar-refractivity contribution in [1.82, 2.24) is 5.32 Å². The molecular weight excluding hydrogens is 190 g/mol. The van der Waals surface area contributed by atoms with Crippen molar-refractivity contribution in [3.63, 3.8) is 0 Å². The van der Waals surface area contributed by atoms with Crippen LogP contribution in [0.5, 0.6) is 0 Å². The number of thioether (sulfide) groups is 1. The average Bonchev–Trinajstić information content (AvgIpc) is 2.93. The lowest BCUT2D eigenvalue weighted by atomic mass is 10.1. The number of rotatable bonds is 8. The Kier molecular flexibility index (Phi) is 5.95. The van der Waals surface area contributed by atoms with E-state index in [9.17, 15) is 0 Å². The Labute approximate surface area is 93.4 Å². The number of hydrogen-bond acceptors (Lipinski definition) is 2. The van der Waals surface area contributed by atoms with Crippen LogP contribution in [-0.2, 0) is 0 Å². The van der Waals surface area contributed by atoms with Crippen molar-refractivity contribution in [3.05, 3.63) is 0 Å². The lowest BCUT2D eigenvalue weighted by Gasteiger charge is -2.18. The zero-order valence-electron chi connectivity index (χ0n) is 9.88. The van der Waals surface area contributed by atoms with Crippen LogP contribution in [0.1, 0.15) is 46.5 Å². The van der Waals surface area contributed by atoms with E-state index < -0.39 is 0 Å². The van der Waals surface area contributed by atoms with Crippen LogP contribution in [0.25, 0.3) is 0 Å². The minimum Gasteiger partial charge on any atom is -0.313 e. The van der Waals surface area contributed by atoms with Gasteiger partial charge in [-0.3, -0.25) is 0 Å². The molecule has 1 saturated carbocycles. The highest BCUT2D eigenvalue weighted by atomic mass is 32.2. The fourth-order valence-corrected chi connectivity index (χ4v) is 2.59. The Morgan fingerprint density at radius 3 is 2.57 bits per heavy atom. The normalized spacial score (nSPS) is 18.9. The summed E-state index contributed by atoms with van der Waals surface area (Å²) in [6, 6.07) is 0.757. The van der Waals surface area contributed by atoms with Crippen LogP contribution in [0.2, 0.25) is 0 Å². The van der Waals surface area contributed by atoms with Crippen molar-refractivity contribution in [2.75, 3.05) is 12.3 Å². The van der Waals surface area contributed by atoms with Crippen LogP contribution >= 0.6 is 11.8 Å². The van der Waals surface area contributed by atoms with Gasteiger partial charge < -0.3 is 5.32 Å². The molecule has 14 heavy (non-hydrogen) atoms. The minimum atomic E-state index is 0.757. The molecule has 0 saturated heterocycles. The molecule has 1 unspecified atom stereocenters. The van der Waals surface area contributed by atoms with E-state index in [0.717, 1.165) is 23.8 Å². The third-order valence-corrected chi connectivity index (χ3v) is 4.01. The molecule has 0 aromatic heterocycles. The molecule has 1 nitrogen and oxygen atoms in total. The molecule has 1 aliphatic carbocycles. The smallest absolute Gasteiger partial charge is 0.0158 e. The van der Waals surface area contributed by atoms with E-state index in [1.165, 1.54) is 31.4 Å². The SMILES string of the molecule is CCNC(CCC1CC1)CSC(C)C. The molecule has 0 aliphatic heterocycles. The fraction of sp³-hybridized carbons (Fsp3) is 1.00. The lowest BCUT2D eigenvalue weighted by Crippen LogP contribution is -2.31. The van der Waals surface area contributed by atoms with E-state index in [4.69, 9.17) is 0 Å². The zero-order chi connectivity index (χ0) is 10.4. The van der Waals surface area contributed by atoms with Crippen LogP contribution in [0.4, 0.5) is 0 Å². The molecule has 0 bridgehead atoms. The maximum atomic E-state index is 3.60. The summed E-state index contributed by atoms with van der Waals surface area (Å²) >= 11 is 2.09. The van der Waals surface area contributed by atoms with E-state index >= 15 is 0 Å². The van der Waals surface area contributed by atoms with Crippen LogP contribution in [0.3, 0.4) is 0 Å². The summed E-state index contributed by atoms with van der Waals surface area (Å²) in [5, 5.41) is 4.38. The van der Waals surface area contributed by atoms with Crippen molar-refractivity contribution in [2.24, 2.45) is 5.92 Å². The first kappa shape index (κ1) is 12.4. The summed E-state index contributed by atoms with van der Waals surface area (Å²) in [6.45, 7) is 7.90. The summed E-state index contributed by atoms with van der Waals surface area (Å²) in [7, 11) is 0. The molecule has 1 aliphatic rings. The van der Waals surface area contributed by atoms with Crippen molar-refractivity contribution in [1.29, 1.82) is 0 Å². The van der Waals surface area contributed by atoms with Gasteiger partial charge in [-0.05, 0) is 30.6 Å². The van der Waals surface area contributed by atoms with Gasteiger partial charge in [0.2, 0.25) is 0 Å². The van der Waals surface area contributed by atoms with E-state index in [1.54, 1.807) is 0 Å². The van der Waals surface area contributed by atoms with E-state index in [2.05, 4.69) is 37.8 Å². The fourth-order valence-electron chi connectivity index (χ4n) is 1.69. The largest absolute Gasteiger partial charge is 0.313 e. The topological polar surface area (TPSA) is 12.0 Å². The van der Waals surface area contributed by atoms with Crippen molar-refractivity contribution in [3.8, 4) is 0 Å². The molecule has 84 valence electrons. The van der Waals surface area contributed by atoms with Crippen LogP contribution in [0.15, 0.2) is 0 Å². The van der Waals surface area contributed by atoms with E-state index in [-0.39, 0.29) is 0 Å². The van der Waals surface area contributed by atoms with Gasteiger partial charge in [-0.15, -0.1) is 0 Å². The molecule has 0 spiro atoms. The Bertz CT molecular complexity index is 137. The number of nitrogens with one attached hydrogen (secondary N) is 1. The second kappa shape index (κ2) is 6.73. The highest BCUT2D eigenvalue weighted by Gasteiger charge is 2.22. The summed E-state index contributed by atoms with van der Waals surface area (Å²) in [5.41, 5.74) is 0. The van der Waals surface area contributed by atoms with Gasteiger partial charge in [-0.2, -0.15) is 11.8 Å². The molecule has 1 fully saturated rings. The second-order valence-electron chi connectivity index (χ2n) is 4.66. The Morgan fingerprint density at radius 2 is 2.07 bits per heavy atom. The van der Waals surface area contributed by atoms with Crippen LogP contribution < -0.4 is 5.32 Å². The van der Waals surface area contributed by atoms with Crippen molar-refractivity contribution < 1.29 is 0 Å². The average molecular weight is 215 g/mol. The quantitative estimate of drug-likeness (QED) is 0.667. The molecule has 0 amide bonds. The Morgan fingerprint density at radius 1 is 1.36 bits per heavy atom. The summed E-state index contributed by atoms with van der Waals surface area (Å²) in [6.07, 6.45) is 5.83. The third kappa shape index (κ3) is 5.92. The van der Waals surface area contributed by atoms with Gasteiger partial charge in [0.25, 0.3) is 0 Å². The third-order valence-electron chi connectivity index (χ3n) is 2.74. The van der Waals surface area contributed by atoms with Gasteiger partial charge in [0.15, 0.2) is 0 Å². The van der Waals surface area contributed by atoms with Crippen molar-refractivity contribution in [2.45, 2.75) is 57.7 Å².